The fourth-order valence-corrected chi connectivity index (χ4v) is 4.00. The van der Waals surface area contributed by atoms with E-state index >= 15 is 0 Å². The van der Waals surface area contributed by atoms with Crippen molar-refractivity contribution in [1.29, 1.82) is 0 Å². The fourth-order valence-electron chi connectivity index (χ4n) is 4.00. The third-order valence-corrected chi connectivity index (χ3v) is 5.63. The van der Waals surface area contributed by atoms with Crippen molar-refractivity contribution in [2.75, 3.05) is 0 Å². The molecule has 4 rings (SSSR count). The van der Waals surface area contributed by atoms with Crippen LogP contribution in [0, 0.1) is 17.6 Å². The number of nitrogens with zero attached hydrogens (tertiary/aromatic N) is 2. The van der Waals surface area contributed by atoms with Gasteiger partial charge < -0.3 is 14.7 Å². The molecular formula is C26H26F2N2O3. The smallest absolute Gasteiger partial charge is 0.309 e. The molecule has 2 aliphatic rings. The van der Waals surface area contributed by atoms with E-state index in [4.69, 9.17) is 9.73 Å². The minimum absolute atomic E-state index is 0.00523. The third kappa shape index (κ3) is 5.37. The van der Waals surface area contributed by atoms with Crippen LogP contribution < -0.4 is 0 Å². The molecule has 1 saturated heterocycles. The van der Waals surface area contributed by atoms with Gasteiger partial charge in [0, 0.05) is 24.1 Å². The van der Waals surface area contributed by atoms with Gasteiger partial charge in [-0.05, 0) is 54.1 Å². The predicted octanol–water partition coefficient (Wildman–Crippen LogP) is 5.00. The lowest BCUT2D eigenvalue weighted by molar-refractivity contribution is -0.156. The van der Waals surface area contributed by atoms with Gasteiger partial charge in [0.15, 0.2) is 0 Å². The number of cyclic esters (lactones) is 1. The second kappa shape index (κ2) is 9.67. The number of ether oxygens (including phenoxy) is 1. The monoisotopic (exact) mass is 452 g/mol. The third-order valence-electron chi connectivity index (χ3n) is 5.63. The van der Waals surface area contributed by atoms with Crippen LogP contribution in [0.5, 0.6) is 0 Å². The largest absolute Gasteiger partial charge is 0.458 e. The van der Waals surface area contributed by atoms with E-state index in [1.807, 2.05) is 24.8 Å². The van der Waals surface area contributed by atoms with Crippen molar-refractivity contribution in [3.05, 3.63) is 89.6 Å². The molecule has 1 N–H and O–H groups in total. The summed E-state index contributed by atoms with van der Waals surface area (Å²) in [6.45, 7) is 4.03. The lowest BCUT2D eigenvalue weighted by atomic mass is 9.97. The van der Waals surface area contributed by atoms with Gasteiger partial charge in [0.1, 0.15) is 23.6 Å². The summed E-state index contributed by atoms with van der Waals surface area (Å²) in [6, 6.07) is 12.1. The molecule has 33 heavy (non-hydrogen) atoms. The maximum absolute atomic E-state index is 13.6. The molecule has 0 radical (unpaired) electrons. The van der Waals surface area contributed by atoms with Crippen LogP contribution in [-0.2, 0) is 9.53 Å². The van der Waals surface area contributed by atoms with E-state index in [1.54, 1.807) is 36.5 Å². The van der Waals surface area contributed by atoms with Crippen molar-refractivity contribution in [3.8, 4) is 0 Å². The summed E-state index contributed by atoms with van der Waals surface area (Å²) >= 11 is 0. The van der Waals surface area contributed by atoms with Crippen LogP contribution in [0.4, 0.5) is 8.78 Å². The van der Waals surface area contributed by atoms with Crippen LogP contribution in [0.2, 0.25) is 0 Å². The number of esters is 1. The molecule has 0 amide bonds. The number of hydrogen-bond acceptors (Lipinski definition) is 5. The molecule has 0 spiro atoms. The summed E-state index contributed by atoms with van der Waals surface area (Å²) in [5, 5.41) is 9.92. The first kappa shape index (κ1) is 22.9. The Bertz CT molecular complexity index is 1090. The topological polar surface area (TPSA) is 62.1 Å². The Morgan fingerprint density at radius 1 is 1.09 bits per heavy atom. The number of amidine groups is 1. The highest BCUT2D eigenvalue weighted by Gasteiger charge is 2.29. The molecule has 2 aromatic rings. The van der Waals surface area contributed by atoms with Crippen molar-refractivity contribution in [3.63, 3.8) is 0 Å². The van der Waals surface area contributed by atoms with Crippen molar-refractivity contribution >= 4 is 17.5 Å². The molecule has 2 aromatic carbocycles. The number of rotatable bonds is 5. The summed E-state index contributed by atoms with van der Waals surface area (Å²) < 4.78 is 32.4. The lowest BCUT2D eigenvalue weighted by Crippen LogP contribution is -2.36. The Balaban J connectivity index is 1.74. The molecule has 172 valence electrons. The second-order valence-corrected chi connectivity index (χ2v) is 8.55. The number of aliphatic hydroxyl groups excluding tert-OH is 1. The summed E-state index contributed by atoms with van der Waals surface area (Å²) in [5.74, 6) is -0.313. The lowest BCUT2D eigenvalue weighted by Gasteiger charge is -2.36. The summed E-state index contributed by atoms with van der Waals surface area (Å²) in [4.78, 5) is 18.5. The Labute approximate surface area is 191 Å². The average molecular weight is 453 g/mol. The number of hydrogen-bond donors (Lipinski definition) is 1. The van der Waals surface area contributed by atoms with Crippen LogP contribution in [0.25, 0.3) is 5.70 Å². The maximum atomic E-state index is 13.6. The van der Waals surface area contributed by atoms with Crippen LogP contribution in [-0.4, -0.2) is 34.0 Å². The minimum atomic E-state index is -0.738. The molecular weight excluding hydrogens is 426 g/mol. The quantitative estimate of drug-likeness (QED) is 0.649. The zero-order valence-electron chi connectivity index (χ0n) is 18.5. The first-order valence-electron chi connectivity index (χ1n) is 11.0. The Hall–Kier alpha value is -3.32. The Kier molecular flexibility index (Phi) is 6.70. The molecule has 1 fully saturated rings. The highest BCUT2D eigenvalue weighted by atomic mass is 19.1. The van der Waals surface area contributed by atoms with E-state index < -0.39 is 18.2 Å². The van der Waals surface area contributed by atoms with Gasteiger partial charge in [0.05, 0.1) is 24.3 Å². The molecule has 0 bridgehead atoms. The molecule has 1 unspecified atom stereocenters. The number of halogens is 2. The number of carbonyl (C=O) groups is 1. The van der Waals surface area contributed by atoms with Gasteiger partial charge in [-0.3, -0.25) is 4.79 Å². The average Bonchev–Trinajstić information content (AvgIpc) is 2.77. The first-order valence-corrected chi connectivity index (χ1v) is 11.0. The molecule has 7 heteroatoms. The first-order chi connectivity index (χ1) is 15.8. The highest BCUT2D eigenvalue weighted by molar-refractivity contribution is 5.93. The standard InChI is InChI=1S/C26H26F2N2O3/c1-16(2)26-29-23(17-3-7-19(27)8-4-17)15-24(18-5-9-20(28)10-6-18)30(26)12-11-22-13-21(31)14-25(32)33-22/h3-12,15-16,21-22,24,31H,13-14H2,1-2H3/t21-,22-,24?/m1/s1. The van der Waals surface area contributed by atoms with E-state index in [0.29, 0.717) is 12.1 Å². The van der Waals surface area contributed by atoms with Gasteiger partial charge in [-0.25, -0.2) is 13.8 Å². The molecule has 0 saturated carbocycles. The van der Waals surface area contributed by atoms with Crippen LogP contribution in [0.15, 0.2) is 71.9 Å². The maximum Gasteiger partial charge on any atom is 0.309 e. The van der Waals surface area contributed by atoms with E-state index in [-0.39, 0.29) is 30.0 Å². The second-order valence-electron chi connectivity index (χ2n) is 8.55. The SMILES string of the molecule is CC(C)C1=NC(c2ccc(F)cc2)=CC(c2ccc(F)cc2)N1C=C[C@@H]1C[C@@H](O)CC(=O)O1. The fraction of sp³-hybridized carbons (Fsp3) is 0.308. The molecule has 2 heterocycles. The van der Waals surface area contributed by atoms with Crippen molar-refractivity contribution < 1.29 is 23.4 Å². The van der Waals surface area contributed by atoms with Gasteiger partial charge in [0.2, 0.25) is 0 Å². The Morgan fingerprint density at radius 3 is 2.33 bits per heavy atom. The van der Waals surface area contributed by atoms with E-state index in [9.17, 15) is 18.7 Å². The van der Waals surface area contributed by atoms with Gasteiger partial charge in [-0.15, -0.1) is 0 Å². The van der Waals surface area contributed by atoms with Crippen molar-refractivity contribution in [1.82, 2.24) is 4.90 Å². The van der Waals surface area contributed by atoms with E-state index in [2.05, 4.69) is 0 Å². The van der Waals surface area contributed by atoms with Crippen LogP contribution in [0.1, 0.15) is 43.9 Å². The van der Waals surface area contributed by atoms with Gasteiger partial charge in [0.25, 0.3) is 0 Å². The summed E-state index contributed by atoms with van der Waals surface area (Å²) in [6.07, 6.45) is 4.52. The highest BCUT2D eigenvalue weighted by Crippen LogP contribution is 2.35. The van der Waals surface area contributed by atoms with E-state index in [1.165, 1.54) is 24.3 Å². The molecule has 3 atom stereocenters. The zero-order chi connectivity index (χ0) is 23.5. The van der Waals surface area contributed by atoms with Gasteiger partial charge in [-0.1, -0.05) is 26.0 Å². The molecule has 0 aliphatic carbocycles. The number of benzene rings is 2. The van der Waals surface area contributed by atoms with Gasteiger partial charge in [-0.2, -0.15) is 0 Å². The Morgan fingerprint density at radius 2 is 1.73 bits per heavy atom. The van der Waals surface area contributed by atoms with E-state index in [0.717, 1.165) is 17.0 Å². The van der Waals surface area contributed by atoms with Gasteiger partial charge >= 0.3 is 5.97 Å². The summed E-state index contributed by atoms with van der Waals surface area (Å²) in [7, 11) is 0. The van der Waals surface area contributed by atoms with Crippen LogP contribution in [0.3, 0.4) is 0 Å². The predicted molar refractivity (Wildman–Crippen MR) is 122 cm³/mol. The number of aliphatic hydroxyl groups is 1. The minimum Gasteiger partial charge on any atom is -0.458 e. The van der Waals surface area contributed by atoms with Crippen molar-refractivity contribution in [2.45, 2.75) is 44.9 Å². The molecule has 0 aromatic heterocycles. The van der Waals surface area contributed by atoms with Crippen molar-refractivity contribution in [2.24, 2.45) is 10.9 Å². The number of carbonyl (C=O) groups excluding carboxylic acids is 1. The van der Waals surface area contributed by atoms with Crippen LogP contribution >= 0.6 is 0 Å². The molecule has 2 aliphatic heterocycles. The zero-order valence-corrected chi connectivity index (χ0v) is 18.5. The molecule has 5 nitrogen and oxygen atoms in total. The normalized spacial score (nSPS) is 23.5. The number of aliphatic imine (C=N–C) groups is 1. The summed E-state index contributed by atoms with van der Waals surface area (Å²) in [5.41, 5.74) is 2.31.